The molecule has 0 aliphatic rings. The lowest BCUT2D eigenvalue weighted by atomic mass is 10.2. The van der Waals surface area contributed by atoms with Crippen molar-refractivity contribution in [3.63, 3.8) is 0 Å². The summed E-state index contributed by atoms with van der Waals surface area (Å²) in [6.07, 6.45) is 0.935. The van der Waals surface area contributed by atoms with E-state index in [4.69, 9.17) is 5.26 Å². The van der Waals surface area contributed by atoms with Crippen LogP contribution >= 0.6 is 0 Å². The van der Waals surface area contributed by atoms with Gasteiger partial charge in [-0.1, -0.05) is 6.92 Å². The maximum atomic E-state index is 8.77. The van der Waals surface area contributed by atoms with E-state index in [1.54, 1.807) is 0 Å². The van der Waals surface area contributed by atoms with E-state index in [-0.39, 0.29) is 0 Å². The predicted octanol–water partition coefficient (Wildman–Crippen LogP) is 1.77. The normalized spacial score (nSPS) is 9.64. The zero-order chi connectivity index (χ0) is 8.43. The molecule has 0 saturated carbocycles. The van der Waals surface area contributed by atoms with Gasteiger partial charge >= 0.3 is 0 Å². The first-order chi connectivity index (χ1) is 5.20. The molecule has 0 bridgehead atoms. The van der Waals surface area contributed by atoms with E-state index in [1.165, 1.54) is 0 Å². The van der Waals surface area contributed by atoms with Crippen LogP contribution < -0.4 is 0 Å². The van der Waals surface area contributed by atoms with Crippen LogP contribution in [0, 0.1) is 18.3 Å². The summed E-state index contributed by atoms with van der Waals surface area (Å²) in [7, 11) is 1.92. The molecule has 1 heterocycles. The van der Waals surface area contributed by atoms with Crippen molar-refractivity contribution in [3.8, 4) is 6.07 Å². The van der Waals surface area contributed by atoms with E-state index in [2.05, 4.69) is 19.1 Å². The van der Waals surface area contributed by atoms with Crippen molar-refractivity contribution in [2.45, 2.75) is 20.3 Å². The van der Waals surface area contributed by atoms with Gasteiger partial charge < -0.3 is 4.57 Å². The average Bonchev–Trinajstić information content (AvgIpc) is 2.28. The van der Waals surface area contributed by atoms with Crippen molar-refractivity contribution in [1.29, 1.82) is 5.26 Å². The zero-order valence-corrected chi connectivity index (χ0v) is 7.18. The summed E-state index contributed by atoms with van der Waals surface area (Å²) < 4.78 is 1.93. The number of rotatable bonds is 1. The fourth-order valence-electron chi connectivity index (χ4n) is 1.23. The van der Waals surface area contributed by atoms with E-state index in [0.717, 1.165) is 23.4 Å². The van der Waals surface area contributed by atoms with Crippen LogP contribution in [0.15, 0.2) is 6.07 Å². The molecule has 1 rings (SSSR count). The van der Waals surface area contributed by atoms with E-state index in [9.17, 15) is 0 Å². The molecular weight excluding hydrogens is 136 g/mol. The molecule has 0 saturated heterocycles. The number of hydrogen-bond acceptors (Lipinski definition) is 1. The van der Waals surface area contributed by atoms with E-state index >= 15 is 0 Å². The van der Waals surface area contributed by atoms with Crippen LogP contribution in [0.5, 0.6) is 0 Å². The van der Waals surface area contributed by atoms with Crippen molar-refractivity contribution in [2.75, 3.05) is 0 Å². The Morgan fingerprint density at radius 3 is 2.64 bits per heavy atom. The topological polar surface area (TPSA) is 28.7 Å². The first-order valence-corrected chi connectivity index (χ1v) is 3.76. The highest BCUT2D eigenvalue weighted by Crippen LogP contribution is 2.13. The molecule has 0 fully saturated rings. The van der Waals surface area contributed by atoms with Crippen molar-refractivity contribution in [3.05, 3.63) is 23.0 Å². The molecule has 0 spiro atoms. The van der Waals surface area contributed by atoms with Gasteiger partial charge in [-0.15, -0.1) is 0 Å². The number of nitrogens with zero attached hydrogens (tertiary/aromatic N) is 2. The Morgan fingerprint density at radius 2 is 2.27 bits per heavy atom. The Bertz CT molecular complexity index is 302. The quantitative estimate of drug-likeness (QED) is 0.596. The average molecular weight is 148 g/mol. The Morgan fingerprint density at radius 1 is 1.64 bits per heavy atom. The van der Waals surface area contributed by atoms with Gasteiger partial charge in [0.15, 0.2) is 0 Å². The number of hydrogen-bond donors (Lipinski definition) is 0. The molecule has 2 heteroatoms. The fraction of sp³-hybridized carbons (Fsp3) is 0.444. The molecule has 0 radical (unpaired) electrons. The molecule has 0 aliphatic heterocycles. The third-order valence-electron chi connectivity index (χ3n) is 2.04. The first-order valence-electron chi connectivity index (χ1n) is 3.76. The van der Waals surface area contributed by atoms with Crippen LogP contribution in [0.2, 0.25) is 0 Å². The van der Waals surface area contributed by atoms with Crippen LogP contribution in [0.3, 0.4) is 0 Å². The summed E-state index contributed by atoms with van der Waals surface area (Å²) in [6.45, 7) is 4.08. The van der Waals surface area contributed by atoms with Gasteiger partial charge in [0.25, 0.3) is 0 Å². The van der Waals surface area contributed by atoms with Gasteiger partial charge in [-0.3, -0.25) is 0 Å². The molecule has 1 aromatic heterocycles. The van der Waals surface area contributed by atoms with Crippen LogP contribution in [-0.4, -0.2) is 4.57 Å². The fourth-order valence-corrected chi connectivity index (χ4v) is 1.23. The van der Waals surface area contributed by atoms with Gasteiger partial charge in [-0.05, 0) is 25.0 Å². The second-order valence-electron chi connectivity index (χ2n) is 2.68. The number of aromatic nitrogens is 1. The standard InChI is InChI=1S/C9H12N2/c1-4-8-5-7(2)11(3)9(8)6-10/h5H,4H2,1-3H3. The molecule has 0 aromatic carbocycles. The van der Waals surface area contributed by atoms with E-state index in [0.29, 0.717) is 0 Å². The number of nitriles is 1. The summed E-state index contributed by atoms with van der Waals surface area (Å²) in [6, 6.07) is 4.27. The number of aryl methyl sites for hydroxylation is 2. The van der Waals surface area contributed by atoms with Gasteiger partial charge in [0.2, 0.25) is 0 Å². The molecule has 0 N–H and O–H groups in total. The maximum Gasteiger partial charge on any atom is 0.123 e. The van der Waals surface area contributed by atoms with Gasteiger partial charge in [-0.2, -0.15) is 5.26 Å². The summed E-state index contributed by atoms with van der Waals surface area (Å²) in [5.41, 5.74) is 3.09. The Balaban J connectivity index is 3.29. The Hall–Kier alpha value is -1.23. The molecule has 1 aromatic rings. The van der Waals surface area contributed by atoms with Crippen LogP contribution in [0.4, 0.5) is 0 Å². The molecule has 2 nitrogen and oxygen atoms in total. The van der Waals surface area contributed by atoms with E-state index in [1.807, 2.05) is 18.5 Å². The van der Waals surface area contributed by atoms with Crippen molar-refractivity contribution in [1.82, 2.24) is 4.57 Å². The van der Waals surface area contributed by atoms with Gasteiger partial charge in [-0.25, -0.2) is 0 Å². The first kappa shape index (κ1) is 7.87. The zero-order valence-electron chi connectivity index (χ0n) is 7.18. The van der Waals surface area contributed by atoms with E-state index < -0.39 is 0 Å². The summed E-state index contributed by atoms with van der Waals surface area (Å²) in [5, 5.41) is 8.77. The van der Waals surface area contributed by atoms with Gasteiger partial charge in [0.05, 0.1) is 0 Å². The lowest BCUT2D eigenvalue weighted by Gasteiger charge is -1.96. The molecule has 0 unspecified atom stereocenters. The smallest absolute Gasteiger partial charge is 0.123 e. The minimum atomic E-state index is 0.796. The molecule has 58 valence electrons. The SMILES string of the molecule is CCc1cc(C)n(C)c1C#N. The monoisotopic (exact) mass is 148 g/mol. The molecule has 0 atom stereocenters. The maximum absolute atomic E-state index is 8.77. The predicted molar refractivity (Wildman–Crippen MR) is 44.2 cm³/mol. The lowest BCUT2D eigenvalue weighted by molar-refractivity contribution is 0.860. The molecular formula is C9H12N2. The van der Waals surface area contributed by atoms with Crippen molar-refractivity contribution in [2.24, 2.45) is 7.05 Å². The second-order valence-corrected chi connectivity index (χ2v) is 2.68. The second kappa shape index (κ2) is 2.79. The molecule has 0 amide bonds. The van der Waals surface area contributed by atoms with Crippen LogP contribution in [0.25, 0.3) is 0 Å². The minimum Gasteiger partial charge on any atom is -0.340 e. The lowest BCUT2D eigenvalue weighted by Crippen LogP contribution is -1.94. The Kier molecular flexibility index (Phi) is 2.00. The van der Waals surface area contributed by atoms with Crippen molar-refractivity contribution >= 4 is 0 Å². The third-order valence-corrected chi connectivity index (χ3v) is 2.04. The highest BCUT2D eigenvalue weighted by Gasteiger charge is 2.06. The molecule has 0 aliphatic carbocycles. The van der Waals surface area contributed by atoms with Crippen LogP contribution in [0.1, 0.15) is 23.9 Å². The third kappa shape index (κ3) is 1.14. The van der Waals surface area contributed by atoms with Gasteiger partial charge in [0, 0.05) is 12.7 Å². The Labute approximate surface area is 67.1 Å². The largest absolute Gasteiger partial charge is 0.340 e. The van der Waals surface area contributed by atoms with Gasteiger partial charge in [0.1, 0.15) is 11.8 Å². The van der Waals surface area contributed by atoms with Crippen molar-refractivity contribution < 1.29 is 0 Å². The highest BCUT2D eigenvalue weighted by atomic mass is 14.9. The summed E-state index contributed by atoms with van der Waals surface area (Å²) >= 11 is 0. The minimum absolute atomic E-state index is 0.796. The summed E-state index contributed by atoms with van der Waals surface area (Å²) in [5.74, 6) is 0. The highest BCUT2D eigenvalue weighted by molar-refractivity contribution is 5.36. The van der Waals surface area contributed by atoms with Crippen LogP contribution in [-0.2, 0) is 13.5 Å². The molecule has 11 heavy (non-hydrogen) atoms. The summed E-state index contributed by atoms with van der Waals surface area (Å²) in [4.78, 5) is 0.